The summed E-state index contributed by atoms with van der Waals surface area (Å²) in [5.74, 6) is 0.659. The van der Waals surface area contributed by atoms with Crippen LogP contribution in [-0.2, 0) is 16.1 Å². The first-order valence-corrected chi connectivity index (χ1v) is 7.83. The van der Waals surface area contributed by atoms with Crippen molar-refractivity contribution >= 4 is 11.8 Å². The number of carbonyl (C=O) groups excluding carboxylic acids is 2. The number of nitrogens with one attached hydrogen (secondary N) is 2. The van der Waals surface area contributed by atoms with Crippen molar-refractivity contribution in [2.24, 2.45) is 0 Å². The SMILES string of the molecule is CNC(=O)C[C@H]1C(=O)NCCN1Cc1ccc(OC)c(C)c1C. The second kappa shape index (κ2) is 7.46. The smallest absolute Gasteiger partial charge is 0.237 e. The van der Waals surface area contributed by atoms with Crippen LogP contribution in [-0.4, -0.2) is 50.0 Å². The van der Waals surface area contributed by atoms with E-state index in [-0.39, 0.29) is 18.2 Å². The number of methoxy groups -OCH3 is 1. The number of carbonyl (C=O) groups is 2. The van der Waals surface area contributed by atoms with Gasteiger partial charge in [0.2, 0.25) is 11.8 Å². The van der Waals surface area contributed by atoms with Crippen LogP contribution in [0.1, 0.15) is 23.1 Å². The van der Waals surface area contributed by atoms with Crippen molar-refractivity contribution in [3.63, 3.8) is 0 Å². The Kier molecular flexibility index (Phi) is 5.60. The predicted octanol–water partition coefficient (Wildman–Crippen LogP) is 0.749. The third-order valence-corrected chi connectivity index (χ3v) is 4.54. The Labute approximate surface area is 137 Å². The fourth-order valence-electron chi connectivity index (χ4n) is 2.91. The van der Waals surface area contributed by atoms with Crippen molar-refractivity contribution in [2.45, 2.75) is 32.9 Å². The fourth-order valence-corrected chi connectivity index (χ4v) is 2.91. The molecule has 1 atom stereocenters. The first-order chi connectivity index (χ1) is 11.0. The summed E-state index contributed by atoms with van der Waals surface area (Å²) in [6.45, 7) is 6.08. The van der Waals surface area contributed by atoms with Gasteiger partial charge in [0.05, 0.1) is 19.6 Å². The lowest BCUT2D eigenvalue weighted by atomic mass is 10.00. The average molecular weight is 319 g/mol. The number of nitrogens with zero attached hydrogens (tertiary/aromatic N) is 1. The molecular formula is C17H25N3O3. The summed E-state index contributed by atoms with van der Waals surface area (Å²) in [6, 6.07) is 3.56. The van der Waals surface area contributed by atoms with Gasteiger partial charge in [-0.3, -0.25) is 14.5 Å². The van der Waals surface area contributed by atoms with Crippen molar-refractivity contribution in [3.05, 3.63) is 28.8 Å². The van der Waals surface area contributed by atoms with Crippen LogP contribution in [0.25, 0.3) is 0 Å². The fraction of sp³-hybridized carbons (Fsp3) is 0.529. The molecule has 0 aliphatic carbocycles. The maximum atomic E-state index is 12.1. The maximum absolute atomic E-state index is 12.1. The van der Waals surface area contributed by atoms with Gasteiger partial charge in [0.15, 0.2) is 0 Å². The molecule has 0 aromatic heterocycles. The molecule has 0 saturated carbocycles. The highest BCUT2D eigenvalue weighted by Crippen LogP contribution is 2.25. The molecule has 0 bridgehead atoms. The van der Waals surface area contributed by atoms with E-state index in [9.17, 15) is 9.59 Å². The molecule has 2 N–H and O–H groups in total. The summed E-state index contributed by atoms with van der Waals surface area (Å²) < 4.78 is 5.35. The Morgan fingerprint density at radius 2 is 2.13 bits per heavy atom. The first-order valence-electron chi connectivity index (χ1n) is 7.83. The van der Waals surface area contributed by atoms with Crippen LogP contribution in [0.2, 0.25) is 0 Å². The number of hydrogen-bond acceptors (Lipinski definition) is 4. The van der Waals surface area contributed by atoms with Crippen LogP contribution in [0.4, 0.5) is 0 Å². The van der Waals surface area contributed by atoms with E-state index in [0.717, 1.165) is 29.0 Å². The lowest BCUT2D eigenvalue weighted by Gasteiger charge is -2.35. The highest BCUT2D eigenvalue weighted by Gasteiger charge is 2.31. The minimum absolute atomic E-state index is 0.0808. The molecule has 1 aromatic carbocycles. The van der Waals surface area contributed by atoms with Gasteiger partial charge in [-0.2, -0.15) is 0 Å². The summed E-state index contributed by atoms with van der Waals surface area (Å²) in [5.41, 5.74) is 3.42. The van der Waals surface area contributed by atoms with Gasteiger partial charge in [0, 0.05) is 26.7 Å². The molecule has 0 spiro atoms. The van der Waals surface area contributed by atoms with Crippen molar-refractivity contribution < 1.29 is 14.3 Å². The van der Waals surface area contributed by atoms with E-state index in [1.807, 2.05) is 19.1 Å². The molecule has 1 aliphatic heterocycles. The largest absolute Gasteiger partial charge is 0.496 e. The highest BCUT2D eigenvalue weighted by molar-refractivity contribution is 5.88. The number of amides is 2. The summed E-state index contributed by atoms with van der Waals surface area (Å²) in [5, 5.41) is 5.43. The van der Waals surface area contributed by atoms with Gasteiger partial charge in [-0.25, -0.2) is 0 Å². The van der Waals surface area contributed by atoms with E-state index in [1.54, 1.807) is 14.2 Å². The van der Waals surface area contributed by atoms with Gasteiger partial charge in [-0.05, 0) is 36.6 Å². The third kappa shape index (κ3) is 3.82. The molecule has 2 rings (SSSR count). The topological polar surface area (TPSA) is 70.7 Å². The van der Waals surface area contributed by atoms with Gasteiger partial charge in [0.25, 0.3) is 0 Å². The van der Waals surface area contributed by atoms with E-state index < -0.39 is 6.04 Å². The van der Waals surface area contributed by atoms with Crippen LogP contribution >= 0.6 is 0 Å². The third-order valence-electron chi connectivity index (χ3n) is 4.54. The van der Waals surface area contributed by atoms with Gasteiger partial charge in [-0.1, -0.05) is 6.07 Å². The highest BCUT2D eigenvalue weighted by atomic mass is 16.5. The lowest BCUT2D eigenvalue weighted by Crippen LogP contribution is -2.56. The minimum Gasteiger partial charge on any atom is -0.496 e. The first kappa shape index (κ1) is 17.3. The zero-order chi connectivity index (χ0) is 17.0. The molecule has 0 radical (unpaired) electrons. The van der Waals surface area contributed by atoms with Crippen molar-refractivity contribution in [3.8, 4) is 5.75 Å². The Morgan fingerprint density at radius 1 is 1.39 bits per heavy atom. The van der Waals surface area contributed by atoms with Crippen LogP contribution in [0.15, 0.2) is 12.1 Å². The summed E-state index contributed by atoms with van der Waals surface area (Å²) in [4.78, 5) is 25.9. The Hall–Kier alpha value is -2.08. The van der Waals surface area contributed by atoms with Gasteiger partial charge >= 0.3 is 0 Å². The number of piperazine rings is 1. The van der Waals surface area contributed by atoms with E-state index >= 15 is 0 Å². The zero-order valence-corrected chi connectivity index (χ0v) is 14.2. The molecule has 1 aromatic rings. The Morgan fingerprint density at radius 3 is 2.78 bits per heavy atom. The predicted molar refractivity (Wildman–Crippen MR) is 88.4 cm³/mol. The summed E-state index contributed by atoms with van der Waals surface area (Å²) >= 11 is 0. The second-order valence-corrected chi connectivity index (χ2v) is 5.83. The summed E-state index contributed by atoms with van der Waals surface area (Å²) in [6.07, 6.45) is 0.177. The Balaban J connectivity index is 2.20. The van der Waals surface area contributed by atoms with Crippen LogP contribution in [0.3, 0.4) is 0 Å². The van der Waals surface area contributed by atoms with E-state index in [4.69, 9.17) is 4.74 Å². The molecule has 2 amide bonds. The number of hydrogen-bond donors (Lipinski definition) is 2. The van der Waals surface area contributed by atoms with Crippen molar-refractivity contribution in [2.75, 3.05) is 27.2 Å². The number of ether oxygens (including phenoxy) is 1. The van der Waals surface area contributed by atoms with E-state index in [2.05, 4.69) is 22.5 Å². The molecule has 1 heterocycles. The summed E-state index contributed by atoms with van der Waals surface area (Å²) in [7, 11) is 3.25. The van der Waals surface area contributed by atoms with E-state index in [1.165, 1.54) is 0 Å². The van der Waals surface area contributed by atoms with Gasteiger partial charge in [0.1, 0.15) is 5.75 Å². The van der Waals surface area contributed by atoms with Crippen molar-refractivity contribution in [1.82, 2.24) is 15.5 Å². The van der Waals surface area contributed by atoms with Crippen LogP contribution in [0, 0.1) is 13.8 Å². The molecule has 6 heteroatoms. The zero-order valence-electron chi connectivity index (χ0n) is 14.2. The van der Waals surface area contributed by atoms with Gasteiger partial charge < -0.3 is 15.4 Å². The maximum Gasteiger partial charge on any atom is 0.237 e. The molecule has 6 nitrogen and oxygen atoms in total. The minimum atomic E-state index is -0.425. The quantitative estimate of drug-likeness (QED) is 0.840. The molecule has 0 unspecified atom stereocenters. The van der Waals surface area contributed by atoms with Gasteiger partial charge in [-0.15, -0.1) is 0 Å². The monoisotopic (exact) mass is 319 g/mol. The van der Waals surface area contributed by atoms with Crippen molar-refractivity contribution in [1.29, 1.82) is 0 Å². The average Bonchev–Trinajstić information content (AvgIpc) is 2.55. The number of rotatable bonds is 5. The Bertz CT molecular complexity index is 601. The van der Waals surface area contributed by atoms with E-state index in [0.29, 0.717) is 13.1 Å². The molecule has 1 saturated heterocycles. The number of benzene rings is 1. The molecule has 1 fully saturated rings. The molecule has 126 valence electrons. The van der Waals surface area contributed by atoms with Crippen LogP contribution in [0.5, 0.6) is 5.75 Å². The molecule has 23 heavy (non-hydrogen) atoms. The standard InChI is InChI=1S/C17H25N3O3/c1-11-12(2)15(23-4)6-5-13(11)10-20-8-7-19-17(22)14(20)9-16(21)18-3/h5-6,14H,7-10H2,1-4H3,(H,18,21)(H,19,22)/t14-/m0/s1. The van der Waals surface area contributed by atoms with Crippen LogP contribution < -0.4 is 15.4 Å². The lowest BCUT2D eigenvalue weighted by molar-refractivity contribution is -0.134. The molecule has 1 aliphatic rings. The normalized spacial score (nSPS) is 18.4. The molecular weight excluding hydrogens is 294 g/mol. The second-order valence-electron chi connectivity index (χ2n) is 5.83.